The molecule has 1 unspecified atom stereocenters. The quantitative estimate of drug-likeness (QED) is 0.766. The zero-order valence-corrected chi connectivity index (χ0v) is 14.7. The third-order valence-corrected chi connectivity index (χ3v) is 4.89. The molecule has 2 aromatic heterocycles. The van der Waals surface area contributed by atoms with Crippen LogP contribution >= 0.6 is 0 Å². The maximum Gasteiger partial charge on any atom is 0.332 e. The summed E-state index contributed by atoms with van der Waals surface area (Å²) in [5, 5.41) is 9.29. The van der Waals surface area contributed by atoms with Crippen LogP contribution in [0.2, 0.25) is 0 Å². The van der Waals surface area contributed by atoms with E-state index >= 15 is 0 Å². The molecule has 0 saturated carbocycles. The summed E-state index contributed by atoms with van der Waals surface area (Å²) < 4.78 is 3.81. The molecule has 1 saturated heterocycles. The molecule has 0 aromatic carbocycles. The molecule has 1 aliphatic heterocycles. The van der Waals surface area contributed by atoms with Crippen molar-refractivity contribution >= 4 is 23.0 Å². The number of hydrogen-bond acceptors (Lipinski definition) is 5. The Balaban J connectivity index is 1.84. The summed E-state index contributed by atoms with van der Waals surface area (Å²) in [6.45, 7) is 0.613. The molecule has 0 aliphatic carbocycles. The first-order chi connectivity index (χ1) is 12.3. The maximum absolute atomic E-state index is 12.5. The number of nitrogens with zero attached hydrogens (tertiary/aromatic N) is 5. The maximum atomic E-state index is 12.5. The van der Waals surface area contributed by atoms with Crippen LogP contribution in [0.3, 0.4) is 0 Å². The minimum absolute atomic E-state index is 0.0568. The number of carboxylic acids is 1. The van der Waals surface area contributed by atoms with E-state index < -0.39 is 23.3 Å². The number of fused-ring (bicyclic) bond motifs is 1. The van der Waals surface area contributed by atoms with Crippen molar-refractivity contribution in [2.45, 2.75) is 38.3 Å². The average Bonchev–Trinajstić information content (AvgIpc) is 3.06. The third kappa shape index (κ3) is 2.91. The molecule has 0 spiro atoms. The second kappa shape index (κ2) is 6.77. The molecular formula is C16H21N5O5. The topological polar surface area (TPSA) is 119 Å². The van der Waals surface area contributed by atoms with Gasteiger partial charge in [-0.25, -0.2) is 14.6 Å². The first kappa shape index (κ1) is 17.9. The zero-order valence-electron chi connectivity index (χ0n) is 14.7. The number of aryl methyl sites for hydroxylation is 2. The Morgan fingerprint density at radius 3 is 2.65 bits per heavy atom. The van der Waals surface area contributed by atoms with Crippen LogP contribution in [0.5, 0.6) is 0 Å². The van der Waals surface area contributed by atoms with Gasteiger partial charge >= 0.3 is 11.7 Å². The first-order valence-electron chi connectivity index (χ1n) is 8.46. The van der Waals surface area contributed by atoms with Crippen molar-refractivity contribution in [3.63, 3.8) is 0 Å². The Morgan fingerprint density at radius 1 is 1.23 bits per heavy atom. The van der Waals surface area contributed by atoms with Crippen molar-refractivity contribution in [2.24, 2.45) is 14.1 Å². The number of rotatable bonds is 4. The van der Waals surface area contributed by atoms with Gasteiger partial charge in [0.05, 0.1) is 6.33 Å². The van der Waals surface area contributed by atoms with E-state index in [4.69, 9.17) is 0 Å². The average molecular weight is 363 g/mol. The predicted octanol–water partition coefficient (Wildman–Crippen LogP) is -0.710. The van der Waals surface area contributed by atoms with Crippen molar-refractivity contribution in [3.8, 4) is 0 Å². The van der Waals surface area contributed by atoms with Crippen LogP contribution < -0.4 is 11.2 Å². The highest BCUT2D eigenvalue weighted by atomic mass is 16.4. The molecule has 140 valence electrons. The summed E-state index contributed by atoms with van der Waals surface area (Å²) >= 11 is 0. The van der Waals surface area contributed by atoms with E-state index in [9.17, 15) is 24.3 Å². The Bertz CT molecular complexity index is 985. The molecule has 1 aliphatic rings. The Morgan fingerprint density at radius 2 is 1.96 bits per heavy atom. The van der Waals surface area contributed by atoms with Crippen molar-refractivity contribution < 1.29 is 14.7 Å². The van der Waals surface area contributed by atoms with Crippen LogP contribution in [-0.2, 0) is 30.2 Å². The summed E-state index contributed by atoms with van der Waals surface area (Å²) in [5.74, 6) is -1.25. The van der Waals surface area contributed by atoms with Crippen molar-refractivity contribution in [2.75, 3.05) is 6.54 Å². The number of aliphatic carboxylic acids is 1. The molecule has 0 bridgehead atoms. The molecular weight excluding hydrogens is 342 g/mol. The molecule has 26 heavy (non-hydrogen) atoms. The lowest BCUT2D eigenvalue weighted by molar-refractivity contribution is -0.152. The highest BCUT2D eigenvalue weighted by Crippen LogP contribution is 2.18. The lowest BCUT2D eigenvalue weighted by Crippen LogP contribution is -2.48. The number of carboxylic acid groups (broad SMARTS) is 1. The largest absolute Gasteiger partial charge is 0.480 e. The summed E-state index contributed by atoms with van der Waals surface area (Å²) in [6.07, 6.45) is 3.51. The van der Waals surface area contributed by atoms with Crippen LogP contribution in [0.4, 0.5) is 0 Å². The van der Waals surface area contributed by atoms with Gasteiger partial charge in [-0.05, 0) is 19.3 Å². The molecule has 10 nitrogen and oxygen atoms in total. The van der Waals surface area contributed by atoms with Gasteiger partial charge in [0.15, 0.2) is 11.2 Å². The van der Waals surface area contributed by atoms with Crippen LogP contribution in [0.1, 0.15) is 25.7 Å². The fraction of sp³-hybridized carbons (Fsp3) is 0.562. The number of imidazole rings is 1. The standard InChI is InChI=1S/C16H21N5O5/c1-18-13-12(14(23)19(2)16(18)26)20(9-17-13)8-6-11(22)21-7-4-3-5-10(21)15(24)25/h9-10H,3-8H2,1-2H3,(H,24,25). The van der Waals surface area contributed by atoms with Crippen LogP contribution in [0.15, 0.2) is 15.9 Å². The van der Waals surface area contributed by atoms with Crippen molar-refractivity contribution in [1.82, 2.24) is 23.6 Å². The van der Waals surface area contributed by atoms with Gasteiger partial charge in [-0.15, -0.1) is 0 Å². The van der Waals surface area contributed by atoms with Gasteiger partial charge in [-0.1, -0.05) is 0 Å². The fourth-order valence-corrected chi connectivity index (χ4v) is 3.41. The number of piperidine rings is 1. The molecule has 3 heterocycles. The minimum atomic E-state index is -0.991. The van der Waals surface area contributed by atoms with Crippen molar-refractivity contribution in [1.29, 1.82) is 0 Å². The number of hydrogen-bond donors (Lipinski definition) is 1. The normalized spacial score (nSPS) is 17.6. The SMILES string of the molecule is Cn1c(=O)c2c(ncn2CCC(=O)N2CCCCC2C(=O)O)n(C)c1=O. The van der Waals surface area contributed by atoms with Gasteiger partial charge in [0.2, 0.25) is 5.91 Å². The smallest absolute Gasteiger partial charge is 0.332 e. The number of aromatic nitrogens is 4. The van der Waals surface area contributed by atoms with Crippen LogP contribution in [-0.4, -0.2) is 53.2 Å². The molecule has 0 radical (unpaired) electrons. The summed E-state index contributed by atoms with van der Waals surface area (Å²) in [6, 6.07) is -0.788. The van der Waals surface area contributed by atoms with E-state index in [1.807, 2.05) is 0 Å². The second-order valence-corrected chi connectivity index (χ2v) is 6.50. The van der Waals surface area contributed by atoms with Crippen LogP contribution in [0.25, 0.3) is 11.2 Å². The molecule has 1 atom stereocenters. The fourth-order valence-electron chi connectivity index (χ4n) is 3.41. The monoisotopic (exact) mass is 363 g/mol. The van der Waals surface area contributed by atoms with E-state index in [0.29, 0.717) is 13.0 Å². The number of amides is 1. The molecule has 1 fully saturated rings. The molecule has 3 rings (SSSR count). The van der Waals surface area contributed by atoms with E-state index in [-0.39, 0.29) is 30.0 Å². The van der Waals surface area contributed by atoms with Gasteiger partial charge in [0, 0.05) is 33.6 Å². The van der Waals surface area contributed by atoms with Crippen LogP contribution in [0, 0.1) is 0 Å². The van der Waals surface area contributed by atoms with Gasteiger partial charge in [0.25, 0.3) is 5.56 Å². The first-order valence-corrected chi connectivity index (χ1v) is 8.46. The summed E-state index contributed by atoms with van der Waals surface area (Å²) in [7, 11) is 2.91. The Hall–Kier alpha value is -2.91. The highest BCUT2D eigenvalue weighted by Gasteiger charge is 2.31. The summed E-state index contributed by atoms with van der Waals surface area (Å²) in [4.78, 5) is 53.7. The Labute approximate surface area is 148 Å². The third-order valence-electron chi connectivity index (χ3n) is 4.89. The number of carbonyl (C=O) groups excluding carboxylic acids is 1. The Kier molecular flexibility index (Phi) is 4.66. The van der Waals surface area contributed by atoms with E-state index in [1.165, 1.54) is 34.5 Å². The minimum Gasteiger partial charge on any atom is -0.480 e. The molecule has 10 heteroatoms. The summed E-state index contributed by atoms with van der Waals surface area (Å²) in [5.41, 5.74) is -0.446. The van der Waals surface area contributed by atoms with E-state index in [0.717, 1.165) is 17.4 Å². The molecule has 2 aromatic rings. The lowest BCUT2D eigenvalue weighted by atomic mass is 10.0. The predicted molar refractivity (Wildman–Crippen MR) is 91.8 cm³/mol. The van der Waals surface area contributed by atoms with E-state index in [1.54, 1.807) is 0 Å². The second-order valence-electron chi connectivity index (χ2n) is 6.50. The highest BCUT2D eigenvalue weighted by molar-refractivity contribution is 5.84. The van der Waals surface area contributed by atoms with Gasteiger partial charge in [-0.2, -0.15) is 0 Å². The number of likely N-dealkylation sites (tertiary alicyclic amines) is 1. The zero-order chi connectivity index (χ0) is 19.0. The van der Waals surface area contributed by atoms with Gasteiger partial charge < -0.3 is 14.6 Å². The number of carbonyl (C=O) groups is 2. The molecule has 1 N–H and O–H groups in total. The van der Waals surface area contributed by atoms with E-state index in [2.05, 4.69) is 4.98 Å². The van der Waals surface area contributed by atoms with Crippen molar-refractivity contribution in [3.05, 3.63) is 27.2 Å². The van der Waals surface area contributed by atoms with Gasteiger partial charge in [-0.3, -0.25) is 18.7 Å². The molecule has 1 amide bonds. The van der Waals surface area contributed by atoms with Gasteiger partial charge in [0.1, 0.15) is 6.04 Å². The lowest BCUT2D eigenvalue weighted by Gasteiger charge is -2.33.